The summed E-state index contributed by atoms with van der Waals surface area (Å²) < 4.78 is 45.6. The summed E-state index contributed by atoms with van der Waals surface area (Å²) in [7, 11) is -3.08. The van der Waals surface area contributed by atoms with Gasteiger partial charge in [-0.15, -0.1) is 0 Å². The van der Waals surface area contributed by atoms with Gasteiger partial charge in [0.2, 0.25) is 0 Å². The van der Waals surface area contributed by atoms with E-state index < -0.39 is 22.5 Å². The van der Waals surface area contributed by atoms with E-state index >= 15 is 0 Å². The Morgan fingerprint density at radius 1 is 1.12 bits per heavy atom. The normalized spacial score (nSPS) is 12.6. The predicted molar refractivity (Wildman–Crippen MR) is 62.3 cm³/mol. The van der Waals surface area contributed by atoms with Gasteiger partial charge in [-0.05, 0) is 0 Å². The van der Waals surface area contributed by atoms with Gasteiger partial charge in [-0.2, -0.15) is 0 Å². The Hall–Kier alpha value is -0.711. The molecule has 0 radical (unpaired) electrons. The third-order valence-corrected chi connectivity index (χ3v) is 6.87. The number of hydrogen-bond acceptors (Lipinski definition) is 4. The summed E-state index contributed by atoms with van der Waals surface area (Å²) >= 11 is -4.13. The topological polar surface area (TPSA) is 68.3 Å². The van der Waals surface area contributed by atoms with Gasteiger partial charge >= 0.3 is 97.2 Å². The fourth-order valence-corrected chi connectivity index (χ4v) is 5.13. The first-order valence-electron chi connectivity index (χ1n) is 4.77. The van der Waals surface area contributed by atoms with Crippen molar-refractivity contribution in [2.45, 2.75) is 11.7 Å². The van der Waals surface area contributed by atoms with Crippen LogP contribution in [0.5, 0.6) is 0 Å². The summed E-state index contributed by atoms with van der Waals surface area (Å²) in [5, 5.41) is -0.0619. The fourth-order valence-electron chi connectivity index (χ4n) is 1.26. The van der Waals surface area contributed by atoms with Crippen molar-refractivity contribution < 1.29 is 16.1 Å². The molecule has 0 spiro atoms. The Morgan fingerprint density at radius 2 is 1.69 bits per heavy atom. The van der Waals surface area contributed by atoms with Gasteiger partial charge in [-0.1, -0.05) is 0 Å². The van der Waals surface area contributed by atoms with Gasteiger partial charge in [0, 0.05) is 0 Å². The third kappa shape index (κ3) is 4.43. The minimum absolute atomic E-state index is 0.0619. The molecule has 1 aromatic rings. The predicted octanol–water partition coefficient (Wildman–Crippen LogP) is 0.631. The molecule has 6 heteroatoms. The molecule has 16 heavy (non-hydrogen) atoms. The quantitative estimate of drug-likeness (QED) is 0.748. The van der Waals surface area contributed by atoms with E-state index in [0.717, 1.165) is 6.26 Å². The summed E-state index contributed by atoms with van der Waals surface area (Å²) in [6.45, 7) is 0. The van der Waals surface area contributed by atoms with Crippen LogP contribution in [0.2, 0.25) is 5.32 Å². The monoisotopic (exact) mass is 310 g/mol. The molecule has 0 saturated carbocycles. The zero-order valence-electron chi connectivity index (χ0n) is 8.96. The Bertz CT molecular complexity index is 531. The van der Waals surface area contributed by atoms with Crippen molar-refractivity contribution in [1.82, 2.24) is 0 Å². The summed E-state index contributed by atoms with van der Waals surface area (Å²) in [6, 6.07) is 8.15. The van der Waals surface area contributed by atoms with Crippen molar-refractivity contribution in [3.05, 3.63) is 30.3 Å². The van der Waals surface area contributed by atoms with Crippen LogP contribution in [0.15, 0.2) is 30.3 Å². The van der Waals surface area contributed by atoms with Crippen LogP contribution in [-0.4, -0.2) is 33.1 Å². The number of sulfone groups is 1. The fraction of sp³-hybridized carbons (Fsp3) is 0.400. The Balaban J connectivity index is 2.68. The molecule has 0 N–H and O–H groups in total. The molecule has 0 saturated heterocycles. The van der Waals surface area contributed by atoms with Gasteiger partial charge in [0.15, 0.2) is 0 Å². The summed E-state index contributed by atoms with van der Waals surface area (Å²) in [4.78, 5) is 0. The minimum atomic E-state index is -4.13. The van der Waals surface area contributed by atoms with E-state index in [9.17, 15) is 16.1 Å². The van der Waals surface area contributed by atoms with Crippen LogP contribution in [0, 0.1) is 0 Å². The molecule has 4 nitrogen and oxygen atoms in total. The first-order chi connectivity index (χ1) is 7.31. The first kappa shape index (κ1) is 13.4. The molecule has 0 aliphatic carbocycles. The van der Waals surface area contributed by atoms with E-state index in [0.29, 0.717) is 4.46 Å². The molecule has 0 fully saturated rings. The Morgan fingerprint density at radius 3 is 2.19 bits per heavy atom. The molecule has 0 aliphatic heterocycles. The molecule has 0 aromatic heterocycles. The van der Waals surface area contributed by atoms with Crippen LogP contribution < -0.4 is 4.46 Å². The second-order valence-corrected chi connectivity index (χ2v) is 10.3. The van der Waals surface area contributed by atoms with Crippen molar-refractivity contribution in [2.75, 3.05) is 12.0 Å². The average Bonchev–Trinajstić information content (AvgIpc) is 2.17. The maximum absolute atomic E-state index is 11.8. The summed E-state index contributed by atoms with van der Waals surface area (Å²) in [6.07, 6.45) is 1.27. The second kappa shape index (κ2) is 5.08. The number of hydrogen-bond donors (Lipinski definition) is 0. The van der Waals surface area contributed by atoms with E-state index in [1.54, 1.807) is 30.3 Å². The molecule has 1 aromatic carbocycles. The molecule has 0 heterocycles. The first-order valence-corrected chi connectivity index (χ1v) is 10.3. The van der Waals surface area contributed by atoms with Crippen molar-refractivity contribution >= 4 is 27.0 Å². The van der Waals surface area contributed by atoms with E-state index in [2.05, 4.69) is 0 Å². The zero-order valence-corrected chi connectivity index (χ0v) is 11.5. The Labute approximate surface area is 97.2 Å². The van der Waals surface area contributed by atoms with E-state index in [1.165, 1.54) is 0 Å². The molecule has 0 bridgehead atoms. The molecule has 1 rings (SSSR count). The van der Waals surface area contributed by atoms with Crippen molar-refractivity contribution in [2.24, 2.45) is 0 Å². The van der Waals surface area contributed by atoms with Crippen LogP contribution in [0.1, 0.15) is 6.42 Å². The van der Waals surface area contributed by atoms with Crippen molar-refractivity contribution in [3.8, 4) is 0 Å². The van der Waals surface area contributed by atoms with Crippen LogP contribution in [-0.2, 0) is 17.5 Å². The van der Waals surface area contributed by atoms with Crippen LogP contribution in [0.3, 0.4) is 0 Å². The molecular weight excluding hydrogens is 295 g/mol. The number of rotatable bonds is 5. The SMILES string of the molecule is CS(=O)(=O)CCC[Se](=O)(=O)c1ccccc1. The molecule has 0 aliphatic rings. The van der Waals surface area contributed by atoms with E-state index in [-0.39, 0.29) is 17.5 Å². The van der Waals surface area contributed by atoms with Crippen LogP contribution >= 0.6 is 0 Å². The standard InChI is InChI=1S/C10H14O4SSe/c1-15(11,12)8-5-9-16(13,14)10-6-3-2-4-7-10/h2-4,6-7H,5,8-9H2,1H3. The average molecular weight is 309 g/mol. The molecule has 0 atom stereocenters. The molecule has 0 amide bonds. The van der Waals surface area contributed by atoms with Gasteiger partial charge in [-0.3, -0.25) is 0 Å². The maximum atomic E-state index is 11.8. The van der Waals surface area contributed by atoms with Gasteiger partial charge in [-0.25, -0.2) is 0 Å². The summed E-state index contributed by atoms with van der Waals surface area (Å²) in [5.41, 5.74) is 0. The third-order valence-electron chi connectivity index (χ3n) is 2.03. The van der Waals surface area contributed by atoms with Gasteiger partial charge in [0.25, 0.3) is 0 Å². The molecular formula is C10H14O4SSe. The number of benzene rings is 1. The molecule has 90 valence electrons. The zero-order chi connectivity index (χ0) is 12.2. The molecule has 0 unspecified atom stereocenters. The van der Waals surface area contributed by atoms with Crippen molar-refractivity contribution in [1.29, 1.82) is 0 Å². The van der Waals surface area contributed by atoms with Crippen molar-refractivity contribution in [3.63, 3.8) is 0 Å². The second-order valence-electron chi connectivity index (χ2n) is 3.62. The van der Waals surface area contributed by atoms with Gasteiger partial charge in [0.1, 0.15) is 0 Å². The van der Waals surface area contributed by atoms with Crippen LogP contribution in [0.4, 0.5) is 0 Å². The van der Waals surface area contributed by atoms with Gasteiger partial charge < -0.3 is 0 Å². The Kier molecular flexibility index (Phi) is 4.24. The van der Waals surface area contributed by atoms with Crippen LogP contribution in [0.25, 0.3) is 0 Å². The van der Waals surface area contributed by atoms with E-state index in [1.807, 2.05) is 0 Å². The van der Waals surface area contributed by atoms with Gasteiger partial charge in [0.05, 0.1) is 0 Å². The summed E-state index contributed by atoms with van der Waals surface area (Å²) in [5.74, 6) is -0.0799. The van der Waals surface area contributed by atoms with E-state index in [4.69, 9.17) is 0 Å².